The number of hydrogen-bond donors (Lipinski definition) is 0. The minimum Gasteiger partial charge on any atom is -0.455 e. The number of benzene rings is 11. The molecule has 2 heteroatoms. The predicted molar refractivity (Wildman–Crippen MR) is 271 cm³/mol. The Morgan fingerprint density at radius 1 is 0.292 bits per heavy atom. The van der Waals surface area contributed by atoms with E-state index in [1.807, 2.05) is 0 Å². The highest BCUT2D eigenvalue weighted by atomic mass is 16.3. The van der Waals surface area contributed by atoms with E-state index in [-0.39, 0.29) is 0 Å². The van der Waals surface area contributed by atoms with Crippen LogP contribution in [0.15, 0.2) is 241 Å². The number of anilines is 3. The van der Waals surface area contributed by atoms with Gasteiger partial charge in [-0.1, -0.05) is 200 Å². The fraction of sp³-hybridized carbons (Fsp3) is 0.0159. The lowest BCUT2D eigenvalue weighted by molar-refractivity contribution is 0.674. The second kappa shape index (κ2) is 13.8. The Morgan fingerprint density at radius 3 is 1.51 bits per heavy atom. The Labute approximate surface area is 376 Å². The molecule has 2 nitrogen and oxygen atoms in total. The van der Waals surface area contributed by atoms with E-state index in [1.165, 1.54) is 71.8 Å². The van der Waals surface area contributed by atoms with Crippen molar-refractivity contribution in [1.82, 2.24) is 0 Å². The molecule has 2 aliphatic carbocycles. The maximum absolute atomic E-state index is 7.01. The lowest BCUT2D eigenvalue weighted by Crippen LogP contribution is -2.26. The molecule has 0 bridgehead atoms. The highest BCUT2D eigenvalue weighted by Gasteiger charge is 2.51. The maximum atomic E-state index is 7.01. The third-order valence-electron chi connectivity index (χ3n) is 14.3. The lowest BCUT2D eigenvalue weighted by Gasteiger charge is -2.32. The maximum Gasteiger partial charge on any atom is 0.143 e. The van der Waals surface area contributed by atoms with Gasteiger partial charge in [-0.25, -0.2) is 0 Å². The molecule has 0 atom stereocenters. The molecule has 0 aliphatic heterocycles. The molecule has 0 saturated heterocycles. The summed E-state index contributed by atoms with van der Waals surface area (Å²) >= 11 is 0. The van der Waals surface area contributed by atoms with Crippen LogP contribution in [0.1, 0.15) is 22.3 Å². The zero-order chi connectivity index (χ0) is 42.6. The third kappa shape index (κ3) is 5.05. The summed E-state index contributed by atoms with van der Waals surface area (Å²) in [6.45, 7) is 0. The van der Waals surface area contributed by atoms with Gasteiger partial charge in [0.25, 0.3) is 0 Å². The second-order valence-corrected chi connectivity index (χ2v) is 17.5. The average molecular weight is 826 g/mol. The first-order valence-electron chi connectivity index (χ1n) is 22.5. The van der Waals surface area contributed by atoms with Crippen LogP contribution >= 0.6 is 0 Å². The van der Waals surface area contributed by atoms with Crippen molar-refractivity contribution in [2.75, 3.05) is 4.90 Å². The Balaban J connectivity index is 1.02. The van der Waals surface area contributed by atoms with Crippen molar-refractivity contribution in [3.63, 3.8) is 0 Å². The summed E-state index contributed by atoms with van der Waals surface area (Å²) in [4.78, 5) is 2.46. The Morgan fingerprint density at radius 2 is 0.785 bits per heavy atom. The van der Waals surface area contributed by atoms with Gasteiger partial charge in [-0.3, -0.25) is 0 Å². The summed E-state index contributed by atoms with van der Waals surface area (Å²) in [5.41, 5.74) is 19.6. The molecule has 0 fully saturated rings. The van der Waals surface area contributed by atoms with Crippen LogP contribution in [0.3, 0.4) is 0 Å². The monoisotopic (exact) mass is 825 g/mol. The smallest absolute Gasteiger partial charge is 0.143 e. The minimum atomic E-state index is -0.471. The van der Waals surface area contributed by atoms with E-state index in [0.29, 0.717) is 0 Å². The van der Waals surface area contributed by atoms with Crippen LogP contribution in [0.25, 0.3) is 88.0 Å². The van der Waals surface area contributed by atoms with Gasteiger partial charge in [0.05, 0.1) is 11.1 Å². The summed E-state index contributed by atoms with van der Waals surface area (Å²) in [6.07, 6.45) is 0. The molecular weight excluding hydrogens is 787 g/mol. The first kappa shape index (κ1) is 36.1. The van der Waals surface area contributed by atoms with E-state index >= 15 is 0 Å². The predicted octanol–water partition coefficient (Wildman–Crippen LogP) is 17.0. The summed E-state index contributed by atoms with van der Waals surface area (Å²) in [7, 11) is 0. The van der Waals surface area contributed by atoms with E-state index in [2.05, 4.69) is 241 Å². The van der Waals surface area contributed by atoms with Crippen LogP contribution in [-0.2, 0) is 5.41 Å². The fourth-order valence-electron chi connectivity index (χ4n) is 11.6. The van der Waals surface area contributed by atoms with Gasteiger partial charge in [0.1, 0.15) is 11.2 Å². The van der Waals surface area contributed by atoms with Crippen molar-refractivity contribution in [3.05, 3.63) is 259 Å². The number of rotatable bonds is 5. The Hall–Kier alpha value is -8.46. The average Bonchev–Trinajstić information content (AvgIpc) is 4.01. The van der Waals surface area contributed by atoms with Gasteiger partial charge in [0.2, 0.25) is 0 Å². The highest BCUT2D eigenvalue weighted by molar-refractivity contribution is 6.17. The first-order valence-corrected chi connectivity index (χ1v) is 22.5. The van der Waals surface area contributed by atoms with Crippen molar-refractivity contribution >= 4 is 60.5 Å². The molecule has 14 rings (SSSR count). The van der Waals surface area contributed by atoms with E-state index < -0.39 is 5.41 Å². The summed E-state index contributed by atoms with van der Waals surface area (Å²) in [5, 5.41) is 7.01. The number of fused-ring (bicyclic) bond motifs is 16. The largest absolute Gasteiger partial charge is 0.455 e. The molecule has 302 valence electrons. The van der Waals surface area contributed by atoms with Crippen LogP contribution < -0.4 is 4.90 Å². The SMILES string of the molecule is c1ccc(N(c2ccc(-c3cccc4ccccc34)cc2)c2ccc3c(c2)C2(c4ccccc4-c4ccccc42)c2ccccc2-3)c(-c2cccc3c2oc2c4ccccc4ccc32)c1. The van der Waals surface area contributed by atoms with E-state index in [9.17, 15) is 0 Å². The Kier molecular flexibility index (Phi) is 7.64. The topological polar surface area (TPSA) is 16.4 Å². The molecule has 65 heavy (non-hydrogen) atoms. The standard InChI is InChI=1S/C63H39NO/c1-3-18-45-40(15-1)17-13-24-46(45)42-31-34-43(35-32-42)64(60-30-12-8-23-52(60)53-25-14-26-54-55-37-33-41-16-2-4-19-47(41)61(55)65-62(53)54)44-36-38-51-50-22-7-11-29-58(50)63(59(51)39-44)56-27-9-5-20-48(56)49-21-6-10-28-57(49)63/h1-39H. The molecule has 12 aromatic rings. The van der Waals surface area contributed by atoms with Gasteiger partial charge in [0, 0.05) is 38.7 Å². The number of nitrogens with zero attached hydrogens (tertiary/aromatic N) is 1. The van der Waals surface area contributed by atoms with Crippen molar-refractivity contribution in [1.29, 1.82) is 0 Å². The van der Waals surface area contributed by atoms with Gasteiger partial charge in [-0.05, 0) is 108 Å². The van der Waals surface area contributed by atoms with Crippen molar-refractivity contribution < 1.29 is 4.42 Å². The van der Waals surface area contributed by atoms with Crippen LogP contribution in [0.5, 0.6) is 0 Å². The van der Waals surface area contributed by atoms with Gasteiger partial charge in [-0.2, -0.15) is 0 Å². The number of furan rings is 1. The van der Waals surface area contributed by atoms with E-state index in [0.717, 1.165) is 55.5 Å². The minimum absolute atomic E-state index is 0.471. The second-order valence-electron chi connectivity index (χ2n) is 17.5. The molecular formula is C63H39NO. The van der Waals surface area contributed by atoms with E-state index in [4.69, 9.17) is 4.42 Å². The number of hydrogen-bond acceptors (Lipinski definition) is 2. The van der Waals surface area contributed by atoms with Crippen molar-refractivity contribution in [2.24, 2.45) is 0 Å². The van der Waals surface area contributed by atoms with Gasteiger partial charge in [-0.15, -0.1) is 0 Å². The third-order valence-corrected chi connectivity index (χ3v) is 14.3. The summed E-state index contributed by atoms with van der Waals surface area (Å²) < 4.78 is 7.01. The zero-order valence-corrected chi connectivity index (χ0v) is 35.4. The lowest BCUT2D eigenvalue weighted by atomic mass is 9.70. The van der Waals surface area contributed by atoms with Gasteiger partial charge >= 0.3 is 0 Å². The molecule has 11 aromatic carbocycles. The van der Waals surface area contributed by atoms with Gasteiger partial charge < -0.3 is 9.32 Å². The molecule has 0 amide bonds. The van der Waals surface area contributed by atoms with Crippen molar-refractivity contribution in [3.8, 4) is 44.5 Å². The normalized spacial score (nSPS) is 13.0. The molecule has 0 unspecified atom stereocenters. The summed E-state index contributed by atoms with van der Waals surface area (Å²) in [6, 6.07) is 87.0. The summed E-state index contributed by atoms with van der Waals surface area (Å²) in [5.74, 6) is 0. The molecule has 2 aliphatic rings. The van der Waals surface area contributed by atoms with Crippen LogP contribution in [-0.4, -0.2) is 0 Å². The molecule has 0 radical (unpaired) electrons. The van der Waals surface area contributed by atoms with Crippen LogP contribution in [0, 0.1) is 0 Å². The molecule has 1 spiro atoms. The van der Waals surface area contributed by atoms with Crippen molar-refractivity contribution in [2.45, 2.75) is 5.41 Å². The number of para-hydroxylation sites is 2. The van der Waals surface area contributed by atoms with Gasteiger partial charge in [0.15, 0.2) is 0 Å². The Bertz CT molecular complexity index is 3840. The quantitative estimate of drug-likeness (QED) is 0.172. The highest BCUT2D eigenvalue weighted by Crippen LogP contribution is 2.63. The molecule has 1 aromatic heterocycles. The first-order chi connectivity index (χ1) is 32.3. The van der Waals surface area contributed by atoms with Crippen LogP contribution in [0.2, 0.25) is 0 Å². The fourth-order valence-corrected chi connectivity index (χ4v) is 11.6. The van der Waals surface area contributed by atoms with E-state index in [1.54, 1.807) is 0 Å². The molecule has 0 N–H and O–H groups in total. The molecule has 1 heterocycles. The molecule has 0 saturated carbocycles. The van der Waals surface area contributed by atoms with Crippen LogP contribution in [0.4, 0.5) is 17.1 Å². The zero-order valence-electron chi connectivity index (χ0n) is 35.4.